The van der Waals surface area contributed by atoms with Crippen LogP contribution < -0.4 is 5.32 Å². The fraction of sp³-hybridized carbons (Fsp3) is 0.667. The number of ether oxygens (including phenoxy) is 1. The zero-order chi connectivity index (χ0) is 12.8. The van der Waals surface area contributed by atoms with E-state index in [4.69, 9.17) is 4.74 Å². The highest BCUT2D eigenvalue weighted by Crippen LogP contribution is 2.22. The third-order valence-electron chi connectivity index (χ3n) is 2.76. The first kappa shape index (κ1) is 14.0. The van der Waals surface area contributed by atoms with E-state index in [1.165, 1.54) is 11.3 Å². The summed E-state index contributed by atoms with van der Waals surface area (Å²) in [5.41, 5.74) is 2.06. The van der Waals surface area contributed by atoms with Gasteiger partial charge in [-0.25, -0.2) is 9.78 Å². The quantitative estimate of drug-likeness (QED) is 0.795. The number of rotatable bonds is 6. The van der Waals surface area contributed by atoms with Crippen molar-refractivity contribution in [2.24, 2.45) is 11.8 Å². The summed E-state index contributed by atoms with van der Waals surface area (Å²) in [5, 5.41) is 4.07. The Labute approximate surface area is 106 Å². The molecule has 0 saturated carbocycles. The summed E-state index contributed by atoms with van der Waals surface area (Å²) in [6.07, 6.45) is 0. The predicted molar refractivity (Wildman–Crippen MR) is 70.6 cm³/mol. The number of esters is 1. The number of hydrogen-bond acceptors (Lipinski definition) is 5. The third kappa shape index (κ3) is 4.00. The molecule has 0 aromatic carbocycles. The van der Waals surface area contributed by atoms with Gasteiger partial charge in [-0.15, -0.1) is 11.3 Å². The molecule has 1 rings (SSSR count). The first-order valence-electron chi connectivity index (χ1n) is 5.90. The van der Waals surface area contributed by atoms with Crippen LogP contribution in [-0.2, 0) is 4.74 Å². The van der Waals surface area contributed by atoms with Crippen LogP contribution in [0.5, 0.6) is 0 Å². The van der Waals surface area contributed by atoms with Crippen molar-refractivity contribution in [1.82, 2.24) is 4.98 Å². The fourth-order valence-corrected chi connectivity index (χ4v) is 1.88. The Morgan fingerprint density at radius 2 is 2.24 bits per heavy atom. The second kappa shape index (κ2) is 6.59. The first-order chi connectivity index (χ1) is 8.06. The number of hydrogen-bond donors (Lipinski definition) is 1. The van der Waals surface area contributed by atoms with Gasteiger partial charge in [-0.05, 0) is 18.8 Å². The maximum Gasteiger partial charge on any atom is 0.360 e. The van der Waals surface area contributed by atoms with E-state index in [2.05, 4.69) is 31.1 Å². The normalized spacial score (nSPS) is 12.5. The largest absolute Gasteiger partial charge is 0.461 e. The van der Waals surface area contributed by atoms with Gasteiger partial charge >= 0.3 is 5.97 Å². The van der Waals surface area contributed by atoms with Crippen molar-refractivity contribution in [2.75, 3.05) is 18.5 Å². The minimum absolute atomic E-state index is 0.353. The van der Waals surface area contributed by atoms with Crippen molar-refractivity contribution >= 4 is 22.3 Å². The van der Waals surface area contributed by atoms with Gasteiger partial charge in [0.25, 0.3) is 0 Å². The highest BCUT2D eigenvalue weighted by Gasteiger charge is 2.16. The maximum atomic E-state index is 11.6. The minimum Gasteiger partial charge on any atom is -0.461 e. The number of carbonyl (C=O) groups excluding carboxylic acids is 1. The van der Waals surface area contributed by atoms with Crippen molar-refractivity contribution in [3.8, 4) is 0 Å². The van der Waals surface area contributed by atoms with E-state index in [1.54, 1.807) is 12.4 Å². The number of aromatic nitrogens is 1. The molecule has 1 aromatic heterocycles. The van der Waals surface area contributed by atoms with Crippen LogP contribution in [-0.4, -0.2) is 24.1 Å². The molecular formula is C12H20N2O2S. The SMILES string of the molecule is CCOC(=O)c1ncsc1NCC(C)C(C)C. The lowest BCUT2D eigenvalue weighted by Gasteiger charge is -2.16. The molecule has 0 spiro atoms. The molecule has 0 aliphatic carbocycles. The van der Waals surface area contributed by atoms with Crippen molar-refractivity contribution < 1.29 is 9.53 Å². The summed E-state index contributed by atoms with van der Waals surface area (Å²) in [6, 6.07) is 0. The highest BCUT2D eigenvalue weighted by atomic mass is 32.1. The van der Waals surface area contributed by atoms with Crippen molar-refractivity contribution in [3.63, 3.8) is 0 Å². The van der Waals surface area contributed by atoms with E-state index in [-0.39, 0.29) is 5.97 Å². The van der Waals surface area contributed by atoms with E-state index in [9.17, 15) is 4.79 Å². The summed E-state index contributed by atoms with van der Waals surface area (Å²) in [6.45, 7) is 9.56. The molecule has 0 bridgehead atoms. The molecule has 1 N–H and O–H groups in total. The van der Waals surface area contributed by atoms with Gasteiger partial charge in [0.1, 0.15) is 5.00 Å². The van der Waals surface area contributed by atoms with Gasteiger partial charge in [0.15, 0.2) is 5.69 Å². The Hall–Kier alpha value is -1.10. The van der Waals surface area contributed by atoms with Gasteiger partial charge in [0.05, 0.1) is 12.1 Å². The van der Waals surface area contributed by atoms with Crippen LogP contribution in [0.3, 0.4) is 0 Å². The van der Waals surface area contributed by atoms with Crippen molar-refractivity contribution in [2.45, 2.75) is 27.7 Å². The zero-order valence-electron chi connectivity index (χ0n) is 10.8. The summed E-state index contributed by atoms with van der Waals surface area (Å²) in [5.74, 6) is 0.807. The molecule has 1 unspecified atom stereocenters. The van der Waals surface area contributed by atoms with Crippen LogP contribution in [0.1, 0.15) is 38.2 Å². The lowest BCUT2D eigenvalue weighted by Crippen LogP contribution is -2.17. The highest BCUT2D eigenvalue weighted by molar-refractivity contribution is 7.14. The molecule has 0 aliphatic rings. The summed E-state index contributed by atoms with van der Waals surface area (Å²) >= 11 is 1.43. The molecule has 4 nitrogen and oxygen atoms in total. The van der Waals surface area contributed by atoms with E-state index in [0.29, 0.717) is 24.1 Å². The number of thiazole rings is 1. The van der Waals surface area contributed by atoms with E-state index < -0.39 is 0 Å². The van der Waals surface area contributed by atoms with Gasteiger partial charge in [-0.2, -0.15) is 0 Å². The molecule has 17 heavy (non-hydrogen) atoms. The standard InChI is InChI=1S/C12H20N2O2S/c1-5-16-12(15)10-11(17-7-14-10)13-6-9(4)8(2)3/h7-9,13H,5-6H2,1-4H3. The number of anilines is 1. The fourth-order valence-electron chi connectivity index (χ4n) is 1.21. The Morgan fingerprint density at radius 1 is 1.53 bits per heavy atom. The summed E-state index contributed by atoms with van der Waals surface area (Å²) < 4.78 is 4.95. The molecule has 0 amide bonds. The molecule has 5 heteroatoms. The van der Waals surface area contributed by atoms with Crippen LogP contribution in [0.4, 0.5) is 5.00 Å². The van der Waals surface area contributed by atoms with Crippen LogP contribution in [0.15, 0.2) is 5.51 Å². The Morgan fingerprint density at radius 3 is 2.82 bits per heavy atom. The second-order valence-electron chi connectivity index (χ2n) is 4.35. The minimum atomic E-state index is -0.353. The van der Waals surface area contributed by atoms with Gasteiger partial charge in [-0.3, -0.25) is 0 Å². The Bertz CT molecular complexity index is 363. The molecule has 96 valence electrons. The third-order valence-corrected chi connectivity index (χ3v) is 3.54. The Balaban J connectivity index is 2.60. The van der Waals surface area contributed by atoms with Gasteiger partial charge < -0.3 is 10.1 Å². The lowest BCUT2D eigenvalue weighted by molar-refractivity contribution is 0.0521. The van der Waals surface area contributed by atoms with Crippen LogP contribution in [0, 0.1) is 11.8 Å². The number of nitrogens with one attached hydrogen (secondary N) is 1. The molecular weight excluding hydrogens is 236 g/mol. The molecule has 0 aliphatic heterocycles. The maximum absolute atomic E-state index is 11.6. The van der Waals surface area contributed by atoms with Crippen molar-refractivity contribution in [3.05, 3.63) is 11.2 Å². The molecule has 0 fully saturated rings. The van der Waals surface area contributed by atoms with Crippen LogP contribution in [0.25, 0.3) is 0 Å². The van der Waals surface area contributed by atoms with Crippen LogP contribution in [0.2, 0.25) is 0 Å². The zero-order valence-corrected chi connectivity index (χ0v) is 11.6. The van der Waals surface area contributed by atoms with Gasteiger partial charge in [0.2, 0.25) is 0 Å². The first-order valence-corrected chi connectivity index (χ1v) is 6.78. The monoisotopic (exact) mass is 256 g/mol. The van der Waals surface area contributed by atoms with Gasteiger partial charge in [-0.1, -0.05) is 20.8 Å². The topological polar surface area (TPSA) is 51.2 Å². The summed E-state index contributed by atoms with van der Waals surface area (Å²) in [7, 11) is 0. The van der Waals surface area contributed by atoms with E-state index in [0.717, 1.165) is 11.5 Å². The smallest absolute Gasteiger partial charge is 0.360 e. The van der Waals surface area contributed by atoms with E-state index in [1.807, 2.05) is 0 Å². The van der Waals surface area contributed by atoms with E-state index >= 15 is 0 Å². The average molecular weight is 256 g/mol. The molecule has 1 aromatic rings. The number of carbonyl (C=O) groups is 1. The molecule has 1 heterocycles. The van der Waals surface area contributed by atoms with Gasteiger partial charge in [0, 0.05) is 6.54 Å². The molecule has 0 radical (unpaired) electrons. The molecule has 0 saturated heterocycles. The molecule has 1 atom stereocenters. The summed E-state index contributed by atoms with van der Waals surface area (Å²) in [4.78, 5) is 15.6. The second-order valence-corrected chi connectivity index (χ2v) is 5.21. The number of nitrogens with zero attached hydrogens (tertiary/aromatic N) is 1. The Kier molecular flexibility index (Phi) is 5.41. The average Bonchev–Trinajstić information content (AvgIpc) is 2.74. The van der Waals surface area contributed by atoms with Crippen LogP contribution >= 0.6 is 11.3 Å². The predicted octanol–water partition coefficient (Wildman–Crippen LogP) is 3.02. The van der Waals surface area contributed by atoms with Crippen molar-refractivity contribution in [1.29, 1.82) is 0 Å². The lowest BCUT2D eigenvalue weighted by atomic mass is 9.98.